The molecule has 1 N–H and O–H groups in total. The molecule has 2 aliphatic rings. The topological polar surface area (TPSA) is 24.5 Å². The third-order valence-electron chi connectivity index (χ3n) is 2.93. The summed E-state index contributed by atoms with van der Waals surface area (Å²) < 4.78 is 5.22. The number of nitrogens with zero attached hydrogens (tertiary/aromatic N) is 1. The zero-order valence-electron chi connectivity index (χ0n) is 7.97. The van der Waals surface area contributed by atoms with Gasteiger partial charge in [0.05, 0.1) is 19.3 Å². The Hall–Kier alpha value is -0.120. The van der Waals surface area contributed by atoms with Crippen molar-refractivity contribution >= 4 is 0 Å². The molecule has 2 fully saturated rings. The molecular formula is C9H18N2O. The molecule has 0 unspecified atom stereocenters. The summed E-state index contributed by atoms with van der Waals surface area (Å²) in [6, 6.07) is 0.682. The van der Waals surface area contributed by atoms with E-state index in [1.54, 1.807) is 0 Å². The van der Waals surface area contributed by atoms with Crippen molar-refractivity contribution in [3.63, 3.8) is 0 Å². The van der Waals surface area contributed by atoms with Crippen LogP contribution in [-0.4, -0.2) is 49.3 Å². The highest BCUT2D eigenvalue weighted by Crippen LogP contribution is 2.22. The number of nitrogens with one attached hydrogen (secondary N) is 1. The van der Waals surface area contributed by atoms with E-state index < -0.39 is 0 Å². The summed E-state index contributed by atoms with van der Waals surface area (Å²) in [7, 11) is 0. The largest absolute Gasteiger partial charge is 0.378 e. The van der Waals surface area contributed by atoms with Crippen molar-refractivity contribution in [2.24, 2.45) is 0 Å². The van der Waals surface area contributed by atoms with Gasteiger partial charge in [-0.15, -0.1) is 0 Å². The molecule has 2 saturated heterocycles. The Morgan fingerprint density at radius 1 is 1.42 bits per heavy atom. The molecule has 70 valence electrons. The van der Waals surface area contributed by atoms with Gasteiger partial charge in [-0.3, -0.25) is 4.90 Å². The molecule has 0 atom stereocenters. The van der Waals surface area contributed by atoms with Gasteiger partial charge < -0.3 is 10.1 Å². The van der Waals surface area contributed by atoms with Gasteiger partial charge >= 0.3 is 0 Å². The van der Waals surface area contributed by atoms with Crippen molar-refractivity contribution in [1.82, 2.24) is 10.2 Å². The summed E-state index contributed by atoms with van der Waals surface area (Å²) >= 11 is 0. The van der Waals surface area contributed by atoms with Gasteiger partial charge in [-0.05, 0) is 13.8 Å². The quantitative estimate of drug-likeness (QED) is 0.602. The Kier molecular flexibility index (Phi) is 2.10. The van der Waals surface area contributed by atoms with Crippen molar-refractivity contribution in [2.45, 2.75) is 25.4 Å². The zero-order chi connectivity index (χ0) is 8.60. The van der Waals surface area contributed by atoms with Crippen LogP contribution in [0.1, 0.15) is 13.8 Å². The molecule has 0 aromatic rings. The number of ether oxygens (including phenoxy) is 1. The van der Waals surface area contributed by atoms with E-state index in [9.17, 15) is 0 Å². The fourth-order valence-corrected chi connectivity index (χ4v) is 2.08. The Balaban J connectivity index is 2.00. The van der Waals surface area contributed by atoms with Gasteiger partial charge in [-0.25, -0.2) is 0 Å². The number of rotatable bonds is 1. The fraction of sp³-hybridized carbons (Fsp3) is 1.00. The second kappa shape index (κ2) is 2.98. The first-order valence-electron chi connectivity index (χ1n) is 4.75. The average Bonchev–Trinajstić information content (AvgIpc) is 1.89. The second-order valence-electron chi connectivity index (χ2n) is 4.37. The molecule has 3 nitrogen and oxygen atoms in total. The molecule has 0 saturated carbocycles. The van der Waals surface area contributed by atoms with Gasteiger partial charge in [0.2, 0.25) is 0 Å². The lowest BCUT2D eigenvalue weighted by Crippen LogP contribution is -2.65. The summed E-state index contributed by atoms with van der Waals surface area (Å²) in [6.07, 6.45) is 0. The minimum Gasteiger partial charge on any atom is -0.378 e. The molecule has 0 aromatic carbocycles. The summed E-state index contributed by atoms with van der Waals surface area (Å²) in [6.45, 7) is 9.87. The van der Waals surface area contributed by atoms with Gasteiger partial charge in [0, 0.05) is 25.2 Å². The maximum absolute atomic E-state index is 5.22. The molecule has 2 heterocycles. The molecular weight excluding hydrogens is 152 g/mol. The van der Waals surface area contributed by atoms with Crippen molar-refractivity contribution in [3.8, 4) is 0 Å². The molecule has 0 amide bonds. The zero-order valence-corrected chi connectivity index (χ0v) is 7.97. The minimum absolute atomic E-state index is 0.312. The molecule has 12 heavy (non-hydrogen) atoms. The monoisotopic (exact) mass is 170 g/mol. The Morgan fingerprint density at radius 3 is 2.67 bits per heavy atom. The minimum atomic E-state index is 0.312. The van der Waals surface area contributed by atoms with E-state index in [1.807, 2.05) is 0 Å². The van der Waals surface area contributed by atoms with E-state index in [0.717, 1.165) is 26.3 Å². The Bertz CT molecular complexity index is 166. The standard InChI is InChI=1S/C9H18N2O/c1-9(2)7-10-3-4-11(9)8-5-12-6-8/h8,10H,3-7H2,1-2H3. The van der Waals surface area contributed by atoms with Gasteiger partial charge in [-0.1, -0.05) is 0 Å². The van der Waals surface area contributed by atoms with Crippen LogP contribution in [0.2, 0.25) is 0 Å². The van der Waals surface area contributed by atoms with E-state index >= 15 is 0 Å². The summed E-state index contributed by atoms with van der Waals surface area (Å²) in [5, 5.41) is 3.43. The highest BCUT2D eigenvalue weighted by molar-refractivity contribution is 4.94. The van der Waals surface area contributed by atoms with Crippen molar-refractivity contribution in [2.75, 3.05) is 32.8 Å². The van der Waals surface area contributed by atoms with Crippen LogP contribution in [0.3, 0.4) is 0 Å². The van der Waals surface area contributed by atoms with E-state index in [0.29, 0.717) is 11.6 Å². The molecule has 2 rings (SSSR count). The molecule has 0 spiro atoms. The molecule has 0 aliphatic carbocycles. The van der Waals surface area contributed by atoms with Crippen LogP contribution in [-0.2, 0) is 4.74 Å². The second-order valence-corrected chi connectivity index (χ2v) is 4.37. The van der Waals surface area contributed by atoms with Crippen LogP contribution in [0.4, 0.5) is 0 Å². The summed E-state index contributed by atoms with van der Waals surface area (Å²) in [5.41, 5.74) is 0.312. The number of hydrogen-bond donors (Lipinski definition) is 1. The molecule has 0 radical (unpaired) electrons. The van der Waals surface area contributed by atoms with Gasteiger partial charge in [0.15, 0.2) is 0 Å². The maximum Gasteiger partial charge on any atom is 0.0645 e. The van der Waals surface area contributed by atoms with Crippen LogP contribution >= 0.6 is 0 Å². The van der Waals surface area contributed by atoms with Crippen LogP contribution in [0.25, 0.3) is 0 Å². The third kappa shape index (κ3) is 1.37. The van der Waals surface area contributed by atoms with Crippen LogP contribution < -0.4 is 5.32 Å². The first-order chi connectivity index (χ1) is 5.70. The molecule has 3 heteroatoms. The van der Waals surface area contributed by atoms with Crippen molar-refractivity contribution in [3.05, 3.63) is 0 Å². The van der Waals surface area contributed by atoms with E-state index in [2.05, 4.69) is 24.1 Å². The lowest BCUT2D eigenvalue weighted by atomic mass is 9.97. The first-order valence-corrected chi connectivity index (χ1v) is 4.75. The Morgan fingerprint density at radius 2 is 2.17 bits per heavy atom. The maximum atomic E-state index is 5.22. The number of piperazine rings is 1. The van der Waals surface area contributed by atoms with Gasteiger partial charge in [0.25, 0.3) is 0 Å². The Labute approximate surface area is 74.1 Å². The lowest BCUT2D eigenvalue weighted by Gasteiger charge is -2.49. The highest BCUT2D eigenvalue weighted by atomic mass is 16.5. The van der Waals surface area contributed by atoms with Crippen LogP contribution in [0, 0.1) is 0 Å². The van der Waals surface area contributed by atoms with Crippen LogP contribution in [0.5, 0.6) is 0 Å². The van der Waals surface area contributed by atoms with E-state index in [1.165, 1.54) is 6.54 Å². The lowest BCUT2D eigenvalue weighted by molar-refractivity contribution is -0.103. The van der Waals surface area contributed by atoms with Crippen LogP contribution in [0.15, 0.2) is 0 Å². The van der Waals surface area contributed by atoms with Crippen molar-refractivity contribution in [1.29, 1.82) is 0 Å². The summed E-state index contributed by atoms with van der Waals surface area (Å²) in [4.78, 5) is 2.58. The molecule has 0 bridgehead atoms. The molecule has 0 aromatic heterocycles. The predicted octanol–water partition coefficient (Wildman–Crippen LogP) is 0.0690. The van der Waals surface area contributed by atoms with Gasteiger partial charge in [-0.2, -0.15) is 0 Å². The SMILES string of the molecule is CC1(C)CNCCN1C1COC1. The van der Waals surface area contributed by atoms with E-state index in [4.69, 9.17) is 4.74 Å². The average molecular weight is 170 g/mol. The molecule has 2 aliphatic heterocycles. The smallest absolute Gasteiger partial charge is 0.0645 e. The van der Waals surface area contributed by atoms with E-state index in [-0.39, 0.29) is 0 Å². The predicted molar refractivity (Wildman–Crippen MR) is 48.3 cm³/mol. The first kappa shape index (κ1) is 8.48. The third-order valence-corrected chi connectivity index (χ3v) is 2.93. The normalized spacial score (nSPS) is 31.5. The van der Waals surface area contributed by atoms with Gasteiger partial charge in [0.1, 0.15) is 0 Å². The fourth-order valence-electron chi connectivity index (χ4n) is 2.08. The number of hydrogen-bond acceptors (Lipinski definition) is 3. The van der Waals surface area contributed by atoms with Crippen molar-refractivity contribution < 1.29 is 4.74 Å². The summed E-state index contributed by atoms with van der Waals surface area (Å²) in [5.74, 6) is 0. The highest BCUT2D eigenvalue weighted by Gasteiger charge is 2.37.